The average molecular weight is 373 g/mol. The van der Waals surface area contributed by atoms with Gasteiger partial charge in [-0.15, -0.1) is 0 Å². The van der Waals surface area contributed by atoms with E-state index in [1.54, 1.807) is 31.2 Å². The van der Waals surface area contributed by atoms with E-state index in [2.05, 4.69) is 4.99 Å². The van der Waals surface area contributed by atoms with Gasteiger partial charge in [-0.05, 0) is 30.7 Å². The molecule has 0 N–H and O–H groups in total. The summed E-state index contributed by atoms with van der Waals surface area (Å²) in [6.07, 6.45) is 0. The molecule has 2 aromatic rings. The molecule has 3 rings (SSSR count). The molecule has 0 aliphatic carbocycles. The summed E-state index contributed by atoms with van der Waals surface area (Å²) in [5.41, 5.74) is 1.47. The lowest BCUT2D eigenvalue weighted by Crippen LogP contribution is -2.32. The van der Waals surface area contributed by atoms with Gasteiger partial charge in [0.25, 0.3) is 11.6 Å². The SMILES string of the molecule is Cc1ccc(C(=O)N2CCN=C2SCc2cccc(F)c2)cc1[N+](=O)[O-]. The molecule has 0 spiro atoms. The molecule has 0 radical (unpaired) electrons. The Morgan fingerprint density at radius 3 is 2.88 bits per heavy atom. The third-order valence-electron chi connectivity index (χ3n) is 3.96. The fraction of sp³-hybridized carbons (Fsp3) is 0.222. The molecule has 6 nitrogen and oxygen atoms in total. The lowest BCUT2D eigenvalue weighted by Gasteiger charge is -2.18. The van der Waals surface area contributed by atoms with Gasteiger partial charge in [0, 0.05) is 29.5 Å². The van der Waals surface area contributed by atoms with Crippen LogP contribution >= 0.6 is 11.8 Å². The van der Waals surface area contributed by atoms with Gasteiger partial charge in [0.15, 0.2) is 5.17 Å². The van der Waals surface area contributed by atoms with Crippen LogP contribution in [0.1, 0.15) is 21.5 Å². The number of amides is 1. The smallest absolute Gasteiger partial charge is 0.273 e. The predicted octanol–water partition coefficient (Wildman–Crippen LogP) is 3.79. The van der Waals surface area contributed by atoms with Crippen molar-refractivity contribution in [3.8, 4) is 0 Å². The van der Waals surface area contributed by atoms with Crippen molar-refractivity contribution in [2.45, 2.75) is 12.7 Å². The van der Waals surface area contributed by atoms with Crippen LogP contribution in [0.3, 0.4) is 0 Å². The number of thioether (sulfide) groups is 1. The number of carbonyl (C=O) groups excluding carboxylic acids is 1. The molecule has 1 heterocycles. The number of hydrogen-bond acceptors (Lipinski definition) is 5. The molecule has 0 unspecified atom stereocenters. The predicted molar refractivity (Wildman–Crippen MR) is 98.9 cm³/mol. The summed E-state index contributed by atoms with van der Waals surface area (Å²) in [5.74, 6) is -0.151. The number of rotatable bonds is 4. The first-order chi connectivity index (χ1) is 12.5. The van der Waals surface area contributed by atoms with Crippen molar-refractivity contribution in [3.63, 3.8) is 0 Å². The zero-order valence-corrected chi connectivity index (χ0v) is 14.8. The number of amidine groups is 1. The van der Waals surface area contributed by atoms with Crippen LogP contribution in [0.5, 0.6) is 0 Å². The molecule has 0 atom stereocenters. The Bertz CT molecular complexity index is 901. The van der Waals surface area contributed by atoms with Gasteiger partial charge in [-0.2, -0.15) is 0 Å². The Balaban J connectivity index is 1.74. The highest BCUT2D eigenvalue weighted by atomic mass is 32.2. The van der Waals surface area contributed by atoms with E-state index in [0.29, 0.717) is 29.6 Å². The molecule has 1 aliphatic rings. The molecular weight excluding hydrogens is 357 g/mol. The number of hydrogen-bond donors (Lipinski definition) is 0. The second-order valence-electron chi connectivity index (χ2n) is 5.80. The lowest BCUT2D eigenvalue weighted by atomic mass is 10.1. The monoisotopic (exact) mass is 373 g/mol. The van der Waals surface area contributed by atoms with E-state index in [0.717, 1.165) is 5.56 Å². The Morgan fingerprint density at radius 1 is 1.35 bits per heavy atom. The number of nitro benzene ring substituents is 1. The van der Waals surface area contributed by atoms with Gasteiger partial charge in [0.05, 0.1) is 11.5 Å². The largest absolute Gasteiger partial charge is 0.286 e. The molecule has 1 aliphatic heterocycles. The second-order valence-corrected chi connectivity index (χ2v) is 6.74. The van der Waals surface area contributed by atoms with Gasteiger partial charge in [0.2, 0.25) is 0 Å². The van der Waals surface area contributed by atoms with E-state index in [1.165, 1.54) is 34.9 Å². The third-order valence-corrected chi connectivity index (χ3v) is 5.04. The molecule has 0 saturated carbocycles. The molecule has 0 fully saturated rings. The van der Waals surface area contributed by atoms with Gasteiger partial charge >= 0.3 is 0 Å². The van der Waals surface area contributed by atoms with E-state index < -0.39 is 4.92 Å². The van der Waals surface area contributed by atoms with E-state index in [1.807, 2.05) is 0 Å². The van der Waals surface area contributed by atoms with Gasteiger partial charge in [-0.25, -0.2) is 4.39 Å². The minimum atomic E-state index is -0.496. The topological polar surface area (TPSA) is 75.8 Å². The fourth-order valence-corrected chi connectivity index (χ4v) is 3.60. The summed E-state index contributed by atoms with van der Waals surface area (Å²) < 4.78 is 13.3. The number of carbonyl (C=O) groups is 1. The Labute approximate surface area is 153 Å². The molecule has 8 heteroatoms. The highest BCUT2D eigenvalue weighted by molar-refractivity contribution is 8.13. The summed E-state index contributed by atoms with van der Waals surface area (Å²) in [4.78, 5) is 29.2. The van der Waals surface area contributed by atoms with E-state index in [4.69, 9.17) is 0 Å². The van der Waals surface area contributed by atoms with Crippen LogP contribution in [0.25, 0.3) is 0 Å². The molecule has 0 aromatic heterocycles. The van der Waals surface area contributed by atoms with Crippen molar-refractivity contribution in [1.82, 2.24) is 4.90 Å². The maximum Gasteiger partial charge on any atom is 0.273 e. The standard InChI is InChI=1S/C18H16FN3O3S/c1-12-5-6-14(10-16(12)22(24)25)17(23)21-8-7-20-18(21)26-11-13-3-2-4-15(19)9-13/h2-6,9-10H,7-8,11H2,1H3. The normalized spacial score (nSPS) is 13.6. The number of benzene rings is 2. The van der Waals surface area contributed by atoms with Crippen molar-refractivity contribution < 1.29 is 14.1 Å². The van der Waals surface area contributed by atoms with E-state index in [-0.39, 0.29) is 23.0 Å². The zero-order valence-electron chi connectivity index (χ0n) is 14.0. The minimum Gasteiger partial charge on any atom is -0.286 e. The van der Waals surface area contributed by atoms with Crippen molar-refractivity contribution in [2.75, 3.05) is 13.1 Å². The zero-order chi connectivity index (χ0) is 18.7. The third kappa shape index (κ3) is 3.91. The molecule has 2 aromatic carbocycles. The van der Waals surface area contributed by atoms with Gasteiger partial charge in [-0.1, -0.05) is 30.0 Å². The van der Waals surface area contributed by atoms with Crippen LogP contribution in [-0.4, -0.2) is 34.0 Å². The molecule has 0 saturated heterocycles. The molecule has 134 valence electrons. The van der Waals surface area contributed by atoms with E-state index >= 15 is 0 Å². The number of nitro groups is 1. The summed E-state index contributed by atoms with van der Waals surface area (Å²) in [7, 11) is 0. The second kappa shape index (κ2) is 7.65. The van der Waals surface area contributed by atoms with Gasteiger partial charge < -0.3 is 0 Å². The highest BCUT2D eigenvalue weighted by Crippen LogP contribution is 2.24. The molecule has 1 amide bonds. The molecular formula is C18H16FN3O3S. The fourth-order valence-electron chi connectivity index (χ4n) is 2.61. The van der Waals surface area contributed by atoms with Crippen LogP contribution in [0.15, 0.2) is 47.5 Å². The maximum atomic E-state index is 13.3. The van der Waals surface area contributed by atoms with Crippen molar-refractivity contribution in [1.29, 1.82) is 0 Å². The van der Waals surface area contributed by atoms with Crippen LogP contribution in [0.4, 0.5) is 10.1 Å². The minimum absolute atomic E-state index is 0.0825. The summed E-state index contributed by atoms with van der Waals surface area (Å²) in [6, 6.07) is 10.7. The van der Waals surface area contributed by atoms with Crippen LogP contribution in [0, 0.1) is 22.9 Å². The van der Waals surface area contributed by atoms with Crippen LogP contribution in [0.2, 0.25) is 0 Å². The quantitative estimate of drug-likeness (QED) is 0.604. The number of aryl methyl sites for hydroxylation is 1. The summed E-state index contributed by atoms with van der Waals surface area (Å²) in [6.45, 7) is 2.53. The highest BCUT2D eigenvalue weighted by Gasteiger charge is 2.26. The maximum absolute atomic E-state index is 13.3. The first-order valence-electron chi connectivity index (χ1n) is 7.94. The Morgan fingerprint density at radius 2 is 2.15 bits per heavy atom. The van der Waals surface area contributed by atoms with Gasteiger partial charge in [0.1, 0.15) is 5.82 Å². The molecule has 0 bridgehead atoms. The number of aliphatic imine (C=N–C) groups is 1. The number of nitrogens with zero attached hydrogens (tertiary/aromatic N) is 3. The summed E-state index contributed by atoms with van der Waals surface area (Å²) in [5, 5.41) is 11.6. The van der Waals surface area contributed by atoms with Crippen molar-refractivity contribution in [2.24, 2.45) is 4.99 Å². The Hall–Kier alpha value is -2.74. The van der Waals surface area contributed by atoms with Crippen molar-refractivity contribution in [3.05, 3.63) is 75.1 Å². The average Bonchev–Trinajstić information content (AvgIpc) is 3.08. The van der Waals surface area contributed by atoms with Gasteiger partial charge in [-0.3, -0.25) is 24.8 Å². The Kier molecular flexibility index (Phi) is 5.32. The van der Waals surface area contributed by atoms with Crippen LogP contribution < -0.4 is 0 Å². The van der Waals surface area contributed by atoms with E-state index in [9.17, 15) is 19.3 Å². The summed E-state index contributed by atoms with van der Waals surface area (Å²) >= 11 is 1.35. The first kappa shape index (κ1) is 18.1. The van der Waals surface area contributed by atoms with Crippen LogP contribution in [-0.2, 0) is 5.75 Å². The first-order valence-corrected chi connectivity index (χ1v) is 8.93. The molecule has 26 heavy (non-hydrogen) atoms. The lowest BCUT2D eigenvalue weighted by molar-refractivity contribution is -0.385. The van der Waals surface area contributed by atoms with Crippen molar-refractivity contribution >= 4 is 28.5 Å². The number of halogens is 1.